The van der Waals surface area contributed by atoms with Crippen LogP contribution in [0.15, 0.2) is 41.4 Å². The van der Waals surface area contributed by atoms with E-state index in [0.717, 1.165) is 18.9 Å². The summed E-state index contributed by atoms with van der Waals surface area (Å²) in [4.78, 5) is 5.10. The minimum absolute atomic E-state index is 0.135. The van der Waals surface area contributed by atoms with Gasteiger partial charge in [-0.3, -0.25) is 4.67 Å². The molecule has 2 aliphatic heterocycles. The molecule has 2 aliphatic rings. The van der Waals surface area contributed by atoms with Crippen LogP contribution in [-0.4, -0.2) is 35.8 Å². The van der Waals surface area contributed by atoms with Gasteiger partial charge in [-0.1, -0.05) is 57.2 Å². The highest BCUT2D eigenvalue weighted by molar-refractivity contribution is 7.71. The Morgan fingerprint density at radius 3 is 2.03 bits per heavy atom. The third-order valence-corrected chi connectivity index (χ3v) is 9.92. The topological polar surface area (TPSA) is 24.8 Å². The Balaban J connectivity index is 1.80. The number of aliphatic imine (C=N–C) groups is 1. The quantitative estimate of drug-likeness (QED) is 0.585. The number of benzene rings is 2. The summed E-state index contributed by atoms with van der Waals surface area (Å²) >= 11 is 0. The summed E-state index contributed by atoms with van der Waals surface area (Å²) in [6, 6.07) is 14.1. The van der Waals surface area contributed by atoms with E-state index in [1.165, 1.54) is 39.3 Å². The SMILES string of the molecule is Cc1cccc(P(c2cccc(C)c2C)N2CCC[C@H]2C2=N[C@H](C(C)(C)C)CO2)c1C. The molecule has 0 amide bonds. The smallest absolute Gasteiger partial charge is 0.201 e. The first-order valence-electron chi connectivity index (χ1n) is 11.6. The maximum Gasteiger partial charge on any atom is 0.201 e. The van der Waals surface area contributed by atoms with Gasteiger partial charge in [-0.25, -0.2) is 4.99 Å². The maximum absolute atomic E-state index is 6.25. The lowest BCUT2D eigenvalue weighted by atomic mass is 9.88. The van der Waals surface area contributed by atoms with Crippen molar-refractivity contribution in [3.8, 4) is 0 Å². The Bertz CT molecular complexity index is 940. The summed E-state index contributed by atoms with van der Waals surface area (Å²) in [7, 11) is -0.651. The second kappa shape index (κ2) is 8.68. The molecule has 1 fully saturated rings. The summed E-state index contributed by atoms with van der Waals surface area (Å²) in [6.07, 6.45) is 2.33. The molecular formula is C27H37N2OP. The van der Waals surface area contributed by atoms with E-state index in [4.69, 9.17) is 9.73 Å². The summed E-state index contributed by atoms with van der Waals surface area (Å²) in [5.74, 6) is 0.973. The zero-order chi connectivity index (χ0) is 22.3. The highest BCUT2D eigenvalue weighted by atomic mass is 31.1. The van der Waals surface area contributed by atoms with Crippen LogP contribution in [0, 0.1) is 33.1 Å². The Morgan fingerprint density at radius 1 is 0.935 bits per heavy atom. The fourth-order valence-electron chi connectivity index (χ4n) is 4.60. The molecule has 0 aliphatic carbocycles. The highest BCUT2D eigenvalue weighted by Gasteiger charge is 2.41. The normalized spacial score (nSPS) is 22.1. The van der Waals surface area contributed by atoms with Crippen molar-refractivity contribution < 1.29 is 4.74 Å². The van der Waals surface area contributed by atoms with Crippen molar-refractivity contribution in [1.29, 1.82) is 0 Å². The molecule has 4 heteroatoms. The molecular weight excluding hydrogens is 399 g/mol. The number of aryl methyl sites for hydroxylation is 2. The molecule has 2 atom stereocenters. The molecule has 31 heavy (non-hydrogen) atoms. The van der Waals surface area contributed by atoms with Crippen LogP contribution in [0.3, 0.4) is 0 Å². The second-order valence-electron chi connectivity index (χ2n) is 10.2. The largest absolute Gasteiger partial charge is 0.478 e. The fourth-order valence-corrected chi connectivity index (χ4v) is 7.69. The molecule has 1 saturated heterocycles. The Morgan fingerprint density at radius 2 is 1.52 bits per heavy atom. The number of hydrogen-bond acceptors (Lipinski definition) is 3. The van der Waals surface area contributed by atoms with E-state index in [9.17, 15) is 0 Å². The van der Waals surface area contributed by atoms with Gasteiger partial charge in [0.15, 0.2) is 0 Å². The van der Waals surface area contributed by atoms with Gasteiger partial charge in [-0.15, -0.1) is 0 Å². The van der Waals surface area contributed by atoms with E-state index in [2.05, 4.69) is 89.5 Å². The maximum atomic E-state index is 6.25. The molecule has 4 rings (SSSR count). The van der Waals surface area contributed by atoms with E-state index >= 15 is 0 Å². The number of ether oxygens (including phenoxy) is 1. The van der Waals surface area contributed by atoms with Gasteiger partial charge in [0.2, 0.25) is 5.90 Å². The van der Waals surface area contributed by atoms with E-state index < -0.39 is 8.07 Å². The average molecular weight is 437 g/mol. The van der Waals surface area contributed by atoms with Crippen molar-refractivity contribution in [2.24, 2.45) is 10.4 Å². The summed E-state index contributed by atoms with van der Waals surface area (Å²) in [5.41, 5.74) is 5.71. The third kappa shape index (κ3) is 4.32. The van der Waals surface area contributed by atoms with Crippen molar-refractivity contribution in [1.82, 2.24) is 4.67 Å². The van der Waals surface area contributed by atoms with Crippen molar-refractivity contribution >= 4 is 24.6 Å². The lowest BCUT2D eigenvalue weighted by molar-refractivity contribution is 0.227. The lowest BCUT2D eigenvalue weighted by Crippen LogP contribution is -2.39. The van der Waals surface area contributed by atoms with Gasteiger partial charge in [-0.2, -0.15) is 0 Å². The molecule has 0 saturated carbocycles. The number of rotatable bonds is 4. The van der Waals surface area contributed by atoms with Crippen LogP contribution in [-0.2, 0) is 4.74 Å². The first-order valence-corrected chi connectivity index (χ1v) is 12.9. The molecule has 0 spiro atoms. The van der Waals surface area contributed by atoms with Crippen molar-refractivity contribution in [2.45, 2.75) is 73.4 Å². The molecule has 0 bridgehead atoms. The minimum atomic E-state index is -0.651. The van der Waals surface area contributed by atoms with Gasteiger partial charge < -0.3 is 4.74 Å². The van der Waals surface area contributed by atoms with Gasteiger partial charge in [0.05, 0.1) is 12.1 Å². The molecule has 166 valence electrons. The van der Waals surface area contributed by atoms with Gasteiger partial charge >= 0.3 is 0 Å². The third-order valence-electron chi connectivity index (χ3n) is 7.05. The molecule has 2 aromatic rings. The lowest BCUT2D eigenvalue weighted by Gasteiger charge is -2.35. The number of hydrogen-bond donors (Lipinski definition) is 0. The first-order chi connectivity index (χ1) is 14.7. The van der Waals surface area contributed by atoms with Crippen molar-refractivity contribution in [3.63, 3.8) is 0 Å². The Kier molecular flexibility index (Phi) is 6.30. The van der Waals surface area contributed by atoms with E-state index in [-0.39, 0.29) is 17.5 Å². The first kappa shape index (κ1) is 22.5. The summed E-state index contributed by atoms with van der Waals surface area (Å²) in [5, 5.41) is 2.95. The predicted molar refractivity (Wildman–Crippen MR) is 134 cm³/mol. The Hall–Kier alpha value is -1.70. The fraction of sp³-hybridized carbons (Fsp3) is 0.519. The summed E-state index contributed by atoms with van der Waals surface area (Å²) < 4.78 is 8.98. The van der Waals surface area contributed by atoms with Gasteiger partial charge in [-0.05, 0) is 78.8 Å². The number of nitrogens with zero attached hydrogens (tertiary/aromatic N) is 2. The van der Waals surface area contributed by atoms with Gasteiger partial charge in [0, 0.05) is 14.6 Å². The van der Waals surface area contributed by atoms with E-state index in [0.29, 0.717) is 6.61 Å². The van der Waals surface area contributed by atoms with Crippen LogP contribution in [0.2, 0.25) is 0 Å². The van der Waals surface area contributed by atoms with Crippen LogP contribution >= 0.6 is 8.07 Å². The molecule has 0 N–H and O–H groups in total. The predicted octanol–water partition coefficient (Wildman–Crippen LogP) is 5.58. The molecule has 0 aromatic heterocycles. The molecule has 0 unspecified atom stereocenters. The van der Waals surface area contributed by atoms with Crippen LogP contribution in [0.4, 0.5) is 0 Å². The highest BCUT2D eigenvalue weighted by Crippen LogP contribution is 2.47. The molecule has 3 nitrogen and oxygen atoms in total. The van der Waals surface area contributed by atoms with Gasteiger partial charge in [0.25, 0.3) is 0 Å². The zero-order valence-corrected chi connectivity index (χ0v) is 21.1. The van der Waals surface area contributed by atoms with Crippen LogP contribution in [0.5, 0.6) is 0 Å². The minimum Gasteiger partial charge on any atom is -0.478 e. The molecule has 2 heterocycles. The molecule has 2 aromatic carbocycles. The van der Waals surface area contributed by atoms with E-state index in [1.807, 2.05) is 0 Å². The summed E-state index contributed by atoms with van der Waals surface area (Å²) in [6.45, 7) is 17.6. The standard InChI is InChI=1S/C27H37N2OP/c1-18-11-8-14-23(20(18)3)31(24-15-9-12-19(2)21(24)4)29-16-10-13-22(29)26-28-25(17-30-26)27(5,6)7/h8-9,11-12,14-15,22,25H,10,13,16-17H2,1-7H3/t22-,25-/m0/s1. The van der Waals surface area contributed by atoms with E-state index in [1.54, 1.807) is 0 Å². The Labute approximate surface area is 189 Å². The van der Waals surface area contributed by atoms with Crippen LogP contribution in [0.1, 0.15) is 55.9 Å². The van der Waals surface area contributed by atoms with Gasteiger partial charge in [0.1, 0.15) is 6.61 Å². The van der Waals surface area contributed by atoms with Crippen molar-refractivity contribution in [3.05, 3.63) is 58.7 Å². The van der Waals surface area contributed by atoms with Crippen LogP contribution in [0.25, 0.3) is 0 Å². The zero-order valence-electron chi connectivity index (χ0n) is 20.2. The monoisotopic (exact) mass is 436 g/mol. The van der Waals surface area contributed by atoms with Crippen molar-refractivity contribution in [2.75, 3.05) is 13.2 Å². The van der Waals surface area contributed by atoms with Crippen LogP contribution < -0.4 is 10.6 Å². The second-order valence-corrected chi connectivity index (χ2v) is 12.3. The average Bonchev–Trinajstić information content (AvgIpc) is 3.37. The molecule has 0 radical (unpaired) electrons.